The van der Waals surface area contributed by atoms with Crippen LogP contribution in [0.1, 0.15) is 65.5 Å². The third kappa shape index (κ3) is 4.51. The van der Waals surface area contributed by atoms with Crippen molar-refractivity contribution in [2.75, 3.05) is 11.1 Å². The summed E-state index contributed by atoms with van der Waals surface area (Å²) in [5.41, 5.74) is -1.16. The van der Waals surface area contributed by atoms with Gasteiger partial charge in [0, 0.05) is 6.07 Å². The Morgan fingerprint density at radius 2 is 1.81 bits per heavy atom. The first-order chi connectivity index (χ1) is 12.4. The maximum Gasteiger partial charge on any atom is 0.315 e. The van der Waals surface area contributed by atoms with Crippen molar-refractivity contribution in [2.45, 2.75) is 70.0 Å². The van der Waals surface area contributed by atoms with E-state index >= 15 is 0 Å². The lowest BCUT2D eigenvalue weighted by molar-refractivity contribution is -0.142. The highest BCUT2D eigenvalue weighted by Gasteiger charge is 2.43. The number of nitrogens with zero attached hydrogens (tertiary/aromatic N) is 1. The molecule has 0 unspecified atom stereocenters. The molecule has 1 aliphatic carbocycles. The quantitative estimate of drug-likeness (QED) is 0.720. The fourth-order valence-electron chi connectivity index (χ4n) is 3.01. The number of hydrogen-bond donors (Lipinski definition) is 2. The van der Waals surface area contributed by atoms with Crippen LogP contribution in [0.2, 0.25) is 0 Å². The lowest BCUT2D eigenvalue weighted by Gasteiger charge is -2.27. The summed E-state index contributed by atoms with van der Waals surface area (Å²) < 4.78 is 29.0. The Kier molecular flexibility index (Phi) is 6.03. The molecule has 0 atom stereocenters. The Morgan fingerprint density at radius 3 is 2.37 bits per heavy atom. The molecule has 1 aromatic heterocycles. The molecule has 27 heavy (non-hydrogen) atoms. The predicted octanol–water partition coefficient (Wildman–Crippen LogP) is 2.75. The summed E-state index contributed by atoms with van der Waals surface area (Å²) in [7, 11) is -3.68. The number of carbonyl (C=O) groups is 2. The normalized spacial score (nSPS) is 16.9. The molecule has 1 heterocycles. The van der Waals surface area contributed by atoms with Gasteiger partial charge in [-0.3, -0.25) is 14.9 Å². The van der Waals surface area contributed by atoms with Gasteiger partial charge in [-0.05, 0) is 46.5 Å². The first-order valence-electron chi connectivity index (χ1n) is 9.12. The van der Waals surface area contributed by atoms with E-state index in [9.17, 15) is 23.1 Å². The van der Waals surface area contributed by atoms with Gasteiger partial charge < -0.3 is 9.63 Å². The molecule has 0 spiro atoms. The van der Waals surface area contributed by atoms with Crippen LogP contribution in [0.5, 0.6) is 0 Å². The molecule has 0 saturated heterocycles. The van der Waals surface area contributed by atoms with Gasteiger partial charge in [0.05, 0.1) is 5.75 Å². The van der Waals surface area contributed by atoms with Crippen LogP contribution in [0.3, 0.4) is 0 Å². The molecule has 1 aliphatic rings. The molecule has 1 amide bonds. The number of carboxylic acid groups (broad SMARTS) is 1. The molecule has 0 bridgehead atoms. The lowest BCUT2D eigenvalue weighted by Crippen LogP contribution is -2.46. The van der Waals surface area contributed by atoms with E-state index in [-0.39, 0.29) is 23.2 Å². The minimum atomic E-state index is -3.68. The molecule has 2 rings (SSSR count). The number of carbonyl (C=O) groups excluding carboxylic acids is 1. The van der Waals surface area contributed by atoms with E-state index in [1.807, 2.05) is 0 Å². The number of aliphatic carboxylic acids is 1. The van der Waals surface area contributed by atoms with Crippen molar-refractivity contribution in [1.82, 2.24) is 5.16 Å². The number of aromatic nitrogens is 1. The van der Waals surface area contributed by atoms with Crippen LogP contribution in [0.4, 0.5) is 5.88 Å². The Bertz CT molecular complexity index is 804. The molecule has 1 fully saturated rings. The van der Waals surface area contributed by atoms with Gasteiger partial charge in [0.15, 0.2) is 9.84 Å². The fraction of sp³-hybridized carbons (Fsp3) is 0.722. The second-order valence-electron chi connectivity index (χ2n) is 8.26. The number of nitrogens with one attached hydrogen (secondary N) is 1. The Labute approximate surface area is 159 Å². The SMILES string of the molecule is CC(C)(C(=O)O)c1cc(NC(=O)C(C)(C)S(=O)(=O)CC2CCCCC2)on1. The van der Waals surface area contributed by atoms with Gasteiger partial charge in [0.1, 0.15) is 15.9 Å². The molecule has 152 valence electrons. The van der Waals surface area contributed by atoms with Crippen LogP contribution in [0.15, 0.2) is 10.6 Å². The van der Waals surface area contributed by atoms with E-state index in [1.54, 1.807) is 0 Å². The molecule has 0 aromatic carbocycles. The average Bonchev–Trinajstić information content (AvgIpc) is 3.04. The maximum atomic E-state index is 12.8. The van der Waals surface area contributed by atoms with Crippen molar-refractivity contribution < 1.29 is 27.6 Å². The number of amides is 1. The molecule has 0 aliphatic heterocycles. The third-order valence-electron chi connectivity index (χ3n) is 5.43. The van der Waals surface area contributed by atoms with Gasteiger partial charge >= 0.3 is 5.97 Å². The van der Waals surface area contributed by atoms with E-state index in [0.717, 1.165) is 32.1 Å². The molecular weight excluding hydrogens is 372 g/mol. The molecular formula is C18H28N2O6S. The topological polar surface area (TPSA) is 127 Å². The minimum Gasteiger partial charge on any atom is -0.481 e. The molecule has 0 radical (unpaired) electrons. The van der Waals surface area contributed by atoms with E-state index in [1.165, 1.54) is 33.8 Å². The van der Waals surface area contributed by atoms with Crippen molar-refractivity contribution in [1.29, 1.82) is 0 Å². The molecule has 1 saturated carbocycles. The Hall–Kier alpha value is -1.90. The van der Waals surface area contributed by atoms with Crippen molar-refractivity contribution in [3.05, 3.63) is 11.8 Å². The van der Waals surface area contributed by atoms with Gasteiger partial charge in [0.25, 0.3) is 0 Å². The van der Waals surface area contributed by atoms with E-state index in [0.29, 0.717) is 0 Å². The highest BCUT2D eigenvalue weighted by atomic mass is 32.2. The highest BCUT2D eigenvalue weighted by molar-refractivity contribution is 7.93. The van der Waals surface area contributed by atoms with Gasteiger partial charge in [-0.1, -0.05) is 24.4 Å². The van der Waals surface area contributed by atoms with Crippen LogP contribution >= 0.6 is 0 Å². The minimum absolute atomic E-state index is 0.0128. The van der Waals surface area contributed by atoms with Crippen LogP contribution in [-0.4, -0.2) is 41.1 Å². The monoisotopic (exact) mass is 400 g/mol. The third-order valence-corrected chi connectivity index (χ3v) is 8.08. The summed E-state index contributed by atoms with van der Waals surface area (Å²) in [6.45, 7) is 5.66. The number of hydrogen-bond acceptors (Lipinski definition) is 6. The number of anilines is 1. The zero-order chi connectivity index (χ0) is 20.5. The maximum absolute atomic E-state index is 12.8. The van der Waals surface area contributed by atoms with Crippen molar-refractivity contribution in [3.63, 3.8) is 0 Å². The molecule has 2 N–H and O–H groups in total. The molecule has 1 aromatic rings. The van der Waals surface area contributed by atoms with Crippen molar-refractivity contribution in [3.8, 4) is 0 Å². The zero-order valence-corrected chi connectivity index (χ0v) is 17.1. The first-order valence-corrected chi connectivity index (χ1v) is 10.8. The molecule has 9 heteroatoms. The van der Waals surface area contributed by atoms with Gasteiger partial charge in [-0.15, -0.1) is 0 Å². The first kappa shape index (κ1) is 21.4. The van der Waals surface area contributed by atoms with Crippen LogP contribution in [0, 0.1) is 5.92 Å². The second kappa shape index (κ2) is 7.61. The number of sulfone groups is 1. The van der Waals surface area contributed by atoms with E-state index in [2.05, 4.69) is 10.5 Å². The smallest absolute Gasteiger partial charge is 0.315 e. The van der Waals surface area contributed by atoms with Gasteiger partial charge in [-0.2, -0.15) is 0 Å². The van der Waals surface area contributed by atoms with E-state index < -0.39 is 31.9 Å². The van der Waals surface area contributed by atoms with Gasteiger partial charge in [-0.25, -0.2) is 8.42 Å². The number of rotatable bonds is 7. The predicted molar refractivity (Wildman–Crippen MR) is 100 cm³/mol. The van der Waals surface area contributed by atoms with Crippen LogP contribution < -0.4 is 5.32 Å². The fourth-order valence-corrected chi connectivity index (χ4v) is 4.72. The Morgan fingerprint density at radius 1 is 1.22 bits per heavy atom. The van der Waals surface area contributed by atoms with Crippen molar-refractivity contribution in [2.24, 2.45) is 5.92 Å². The average molecular weight is 400 g/mol. The summed E-state index contributed by atoms with van der Waals surface area (Å²) >= 11 is 0. The zero-order valence-electron chi connectivity index (χ0n) is 16.2. The highest BCUT2D eigenvalue weighted by Crippen LogP contribution is 2.30. The Balaban J connectivity index is 2.11. The van der Waals surface area contributed by atoms with Gasteiger partial charge in [0.2, 0.25) is 11.8 Å². The summed E-state index contributed by atoms with van der Waals surface area (Å²) in [6.07, 6.45) is 4.90. The number of carboxylic acids is 1. The molecule has 8 nitrogen and oxygen atoms in total. The lowest BCUT2D eigenvalue weighted by atomic mass is 9.90. The summed E-state index contributed by atoms with van der Waals surface area (Å²) in [4.78, 5) is 23.9. The summed E-state index contributed by atoms with van der Waals surface area (Å²) in [5, 5.41) is 15.3. The summed E-state index contributed by atoms with van der Waals surface area (Å²) in [6, 6.07) is 1.30. The van der Waals surface area contributed by atoms with Crippen LogP contribution in [0.25, 0.3) is 0 Å². The summed E-state index contributed by atoms with van der Waals surface area (Å²) in [5.74, 6) is -1.83. The second-order valence-corrected chi connectivity index (χ2v) is 10.8. The van der Waals surface area contributed by atoms with Crippen LogP contribution in [-0.2, 0) is 24.8 Å². The van der Waals surface area contributed by atoms with Crippen molar-refractivity contribution >= 4 is 27.6 Å². The standard InChI is InChI=1S/C18H28N2O6S/c1-17(2,16(22)23)13-10-14(26-20-13)19-15(21)18(3,4)27(24,25)11-12-8-6-5-7-9-12/h10,12H,5-9,11H2,1-4H3,(H,19,21)(H,22,23). The van der Waals surface area contributed by atoms with E-state index in [4.69, 9.17) is 4.52 Å². The largest absolute Gasteiger partial charge is 0.481 e.